The summed E-state index contributed by atoms with van der Waals surface area (Å²) in [5.41, 5.74) is 0. The molecule has 1 heterocycles. The van der Waals surface area contributed by atoms with Crippen LogP contribution in [0, 0.1) is 11.8 Å². The van der Waals surface area contributed by atoms with Crippen LogP contribution in [-0.2, 0) is 4.74 Å². The first-order chi connectivity index (χ1) is 9.61. The van der Waals surface area contributed by atoms with E-state index >= 15 is 0 Å². The molecule has 118 valence electrons. The second kappa shape index (κ2) is 7.77. The lowest BCUT2D eigenvalue weighted by atomic mass is 9.77. The predicted octanol–water partition coefficient (Wildman–Crippen LogP) is 2.90. The Morgan fingerprint density at radius 1 is 1.20 bits per heavy atom. The first-order valence-corrected chi connectivity index (χ1v) is 8.70. The fourth-order valence-corrected chi connectivity index (χ4v) is 3.87. The monoisotopic (exact) mass is 282 g/mol. The van der Waals surface area contributed by atoms with Crippen molar-refractivity contribution in [3.63, 3.8) is 0 Å². The largest absolute Gasteiger partial charge is 0.374 e. The van der Waals surface area contributed by atoms with Crippen LogP contribution < -0.4 is 5.32 Å². The first kappa shape index (κ1) is 16.3. The lowest BCUT2D eigenvalue weighted by molar-refractivity contribution is -0.0678. The second-order valence-electron chi connectivity index (χ2n) is 7.10. The van der Waals surface area contributed by atoms with Crippen molar-refractivity contribution in [2.24, 2.45) is 11.8 Å². The van der Waals surface area contributed by atoms with E-state index in [9.17, 15) is 0 Å². The molecule has 2 atom stereocenters. The van der Waals surface area contributed by atoms with Gasteiger partial charge in [0.15, 0.2) is 0 Å². The van der Waals surface area contributed by atoms with Gasteiger partial charge in [0.1, 0.15) is 0 Å². The van der Waals surface area contributed by atoms with E-state index < -0.39 is 0 Å². The fraction of sp³-hybridized carbons (Fsp3) is 1.00. The molecule has 0 aromatic carbocycles. The zero-order valence-electron chi connectivity index (χ0n) is 13.9. The molecule has 3 nitrogen and oxygen atoms in total. The van der Waals surface area contributed by atoms with Crippen LogP contribution in [0.3, 0.4) is 0 Å². The van der Waals surface area contributed by atoms with Crippen molar-refractivity contribution in [1.82, 2.24) is 10.2 Å². The Kier molecular flexibility index (Phi) is 6.31. The van der Waals surface area contributed by atoms with E-state index in [1.54, 1.807) is 0 Å². The zero-order chi connectivity index (χ0) is 14.5. The topological polar surface area (TPSA) is 24.5 Å². The number of ether oxygens (including phenoxy) is 1. The summed E-state index contributed by atoms with van der Waals surface area (Å²) in [5, 5.41) is 3.74. The van der Waals surface area contributed by atoms with Crippen LogP contribution in [0.2, 0.25) is 0 Å². The number of morpholine rings is 1. The van der Waals surface area contributed by atoms with Gasteiger partial charge in [0, 0.05) is 25.2 Å². The van der Waals surface area contributed by atoms with Gasteiger partial charge in [0.05, 0.1) is 12.7 Å². The van der Waals surface area contributed by atoms with Gasteiger partial charge in [0.25, 0.3) is 0 Å². The molecule has 2 aliphatic rings. The molecule has 1 saturated heterocycles. The zero-order valence-corrected chi connectivity index (χ0v) is 13.9. The predicted molar refractivity (Wildman–Crippen MR) is 85.0 cm³/mol. The van der Waals surface area contributed by atoms with Crippen LogP contribution >= 0.6 is 0 Å². The van der Waals surface area contributed by atoms with E-state index in [-0.39, 0.29) is 0 Å². The van der Waals surface area contributed by atoms with Crippen molar-refractivity contribution in [2.75, 3.05) is 26.2 Å². The molecule has 0 radical (unpaired) electrons. The third kappa shape index (κ3) is 4.19. The molecule has 2 fully saturated rings. The highest BCUT2D eigenvalue weighted by atomic mass is 16.5. The van der Waals surface area contributed by atoms with Crippen LogP contribution in [0.1, 0.15) is 53.4 Å². The minimum absolute atomic E-state index is 0.379. The molecule has 20 heavy (non-hydrogen) atoms. The van der Waals surface area contributed by atoms with Gasteiger partial charge >= 0.3 is 0 Å². The molecule has 0 spiro atoms. The number of hydrogen-bond acceptors (Lipinski definition) is 3. The Hall–Kier alpha value is -0.120. The van der Waals surface area contributed by atoms with E-state index in [0.717, 1.165) is 38.1 Å². The maximum Gasteiger partial charge on any atom is 0.0858 e. The van der Waals surface area contributed by atoms with E-state index in [2.05, 4.69) is 37.9 Å². The molecule has 1 aliphatic heterocycles. The third-order valence-electron chi connectivity index (χ3n) is 5.26. The summed E-state index contributed by atoms with van der Waals surface area (Å²) >= 11 is 0. The lowest BCUT2D eigenvalue weighted by Crippen LogP contribution is -2.56. The molecule has 2 unspecified atom stereocenters. The van der Waals surface area contributed by atoms with Gasteiger partial charge in [-0.1, -0.05) is 26.7 Å². The lowest BCUT2D eigenvalue weighted by Gasteiger charge is -2.43. The van der Waals surface area contributed by atoms with Crippen molar-refractivity contribution in [2.45, 2.75) is 71.6 Å². The molecule has 1 aliphatic carbocycles. The maximum absolute atomic E-state index is 6.15. The highest BCUT2D eigenvalue weighted by Crippen LogP contribution is 2.32. The number of nitrogens with one attached hydrogen (secondary N) is 1. The summed E-state index contributed by atoms with van der Waals surface area (Å²) in [7, 11) is 0. The molecule has 0 aromatic rings. The summed E-state index contributed by atoms with van der Waals surface area (Å²) in [6.45, 7) is 13.4. The Morgan fingerprint density at radius 2 is 1.90 bits per heavy atom. The van der Waals surface area contributed by atoms with Gasteiger partial charge in [-0.3, -0.25) is 4.90 Å². The van der Waals surface area contributed by atoms with Crippen LogP contribution in [0.4, 0.5) is 0 Å². The normalized spacial score (nSPS) is 34.4. The smallest absolute Gasteiger partial charge is 0.0858 e. The van der Waals surface area contributed by atoms with E-state index in [4.69, 9.17) is 4.74 Å². The number of hydrogen-bond donors (Lipinski definition) is 1. The molecule has 0 aromatic heterocycles. The minimum Gasteiger partial charge on any atom is -0.374 e. The molecule has 2 rings (SSSR count). The van der Waals surface area contributed by atoms with Crippen molar-refractivity contribution >= 4 is 0 Å². The Morgan fingerprint density at radius 3 is 2.50 bits per heavy atom. The summed E-state index contributed by atoms with van der Waals surface area (Å²) in [6.07, 6.45) is 5.92. The van der Waals surface area contributed by atoms with Crippen molar-refractivity contribution < 1.29 is 4.74 Å². The van der Waals surface area contributed by atoms with E-state index in [1.807, 2.05) is 0 Å². The minimum atomic E-state index is 0.379. The average Bonchev–Trinajstić information content (AvgIpc) is 2.46. The summed E-state index contributed by atoms with van der Waals surface area (Å²) in [4.78, 5) is 2.57. The van der Waals surface area contributed by atoms with Gasteiger partial charge in [-0.2, -0.15) is 0 Å². The highest BCUT2D eigenvalue weighted by molar-refractivity contribution is 4.90. The van der Waals surface area contributed by atoms with Gasteiger partial charge in [-0.05, 0) is 45.1 Å². The average molecular weight is 282 g/mol. The Labute approximate surface area is 125 Å². The molecule has 0 amide bonds. The molecule has 0 bridgehead atoms. The van der Waals surface area contributed by atoms with E-state index in [1.165, 1.54) is 25.7 Å². The SMILES string of the molecule is CCNC(C1CCC(C)CC1)C1CN(C(C)C)CCO1. The summed E-state index contributed by atoms with van der Waals surface area (Å²) in [5.74, 6) is 1.73. The van der Waals surface area contributed by atoms with Crippen LogP contribution in [0.15, 0.2) is 0 Å². The second-order valence-corrected chi connectivity index (χ2v) is 7.10. The maximum atomic E-state index is 6.15. The molecule has 1 N–H and O–H groups in total. The summed E-state index contributed by atoms with van der Waals surface area (Å²) < 4.78 is 6.15. The standard InChI is InChI=1S/C17H34N2O/c1-5-18-17(15-8-6-14(4)7-9-15)16-12-19(13(2)3)10-11-20-16/h13-18H,5-12H2,1-4H3. The fourth-order valence-electron chi connectivity index (χ4n) is 3.87. The van der Waals surface area contributed by atoms with Gasteiger partial charge in [0.2, 0.25) is 0 Å². The number of nitrogens with zero attached hydrogens (tertiary/aromatic N) is 1. The van der Waals surface area contributed by atoms with Crippen molar-refractivity contribution in [3.8, 4) is 0 Å². The van der Waals surface area contributed by atoms with Gasteiger partial charge in [-0.15, -0.1) is 0 Å². The van der Waals surface area contributed by atoms with E-state index in [0.29, 0.717) is 18.2 Å². The molecular formula is C17H34N2O. The van der Waals surface area contributed by atoms with Crippen LogP contribution in [0.5, 0.6) is 0 Å². The first-order valence-electron chi connectivity index (χ1n) is 8.70. The van der Waals surface area contributed by atoms with Gasteiger partial charge < -0.3 is 10.1 Å². The highest BCUT2D eigenvalue weighted by Gasteiger charge is 2.35. The van der Waals surface area contributed by atoms with Crippen LogP contribution in [-0.4, -0.2) is 49.3 Å². The number of likely N-dealkylation sites (N-methyl/N-ethyl adjacent to an activating group) is 1. The number of rotatable bonds is 5. The Bertz CT molecular complexity index is 274. The third-order valence-corrected chi connectivity index (χ3v) is 5.26. The quantitative estimate of drug-likeness (QED) is 0.839. The van der Waals surface area contributed by atoms with Crippen LogP contribution in [0.25, 0.3) is 0 Å². The molecule has 1 saturated carbocycles. The van der Waals surface area contributed by atoms with Gasteiger partial charge in [-0.25, -0.2) is 0 Å². The Balaban J connectivity index is 1.96. The molecular weight excluding hydrogens is 248 g/mol. The summed E-state index contributed by atoms with van der Waals surface area (Å²) in [6, 6.07) is 1.18. The van der Waals surface area contributed by atoms with Crippen molar-refractivity contribution in [3.05, 3.63) is 0 Å². The molecule has 3 heteroatoms. The van der Waals surface area contributed by atoms with Crippen molar-refractivity contribution in [1.29, 1.82) is 0 Å².